The Bertz CT molecular complexity index is 912. The maximum atomic E-state index is 13.0. The molecule has 0 aliphatic heterocycles. The molecular weight excluding hydrogens is 421 g/mol. The fraction of sp³-hybridized carbons (Fsp3) is 0.294. The van der Waals surface area contributed by atoms with Crippen LogP contribution in [0.2, 0.25) is 5.02 Å². The second-order valence-electron chi connectivity index (χ2n) is 5.82. The number of esters is 1. The van der Waals surface area contributed by atoms with Gasteiger partial charge in [0.15, 0.2) is 5.11 Å². The molecule has 0 saturated carbocycles. The number of anilines is 2. The summed E-state index contributed by atoms with van der Waals surface area (Å²) in [6, 6.07) is 3.42. The standard InChI is InChI=1S/C17H14ClF3N2O2S2/c1-25-15(24)13-9-3-2-4-12(9)27-14(13)23-16(26)22-8-5-6-11(18)10(7-8)17(19,20)21/h5-7H,2-4H2,1H3,(H2,22,23,26). The number of carbonyl (C=O) groups is 1. The van der Waals surface area contributed by atoms with Crippen molar-refractivity contribution < 1.29 is 22.7 Å². The highest BCUT2D eigenvalue weighted by Gasteiger charge is 2.33. The lowest BCUT2D eigenvalue weighted by atomic mass is 10.1. The number of rotatable bonds is 3. The van der Waals surface area contributed by atoms with E-state index in [1.54, 1.807) is 0 Å². The van der Waals surface area contributed by atoms with Crippen molar-refractivity contribution in [3.8, 4) is 0 Å². The third-order valence-corrected chi connectivity index (χ3v) is 5.81. The summed E-state index contributed by atoms with van der Waals surface area (Å²) in [4.78, 5) is 13.2. The first-order chi connectivity index (χ1) is 12.7. The highest BCUT2D eigenvalue weighted by atomic mass is 35.5. The number of nitrogens with one attached hydrogen (secondary N) is 2. The first kappa shape index (κ1) is 19.9. The van der Waals surface area contributed by atoms with Crippen LogP contribution in [-0.2, 0) is 23.8 Å². The monoisotopic (exact) mass is 434 g/mol. The van der Waals surface area contributed by atoms with Gasteiger partial charge in [-0.1, -0.05) is 11.6 Å². The van der Waals surface area contributed by atoms with Gasteiger partial charge in [0.05, 0.1) is 23.3 Å². The first-order valence-corrected chi connectivity index (χ1v) is 9.48. The molecule has 0 fully saturated rings. The van der Waals surface area contributed by atoms with Gasteiger partial charge >= 0.3 is 12.1 Å². The minimum absolute atomic E-state index is 0.0653. The van der Waals surface area contributed by atoms with E-state index >= 15 is 0 Å². The van der Waals surface area contributed by atoms with Gasteiger partial charge in [-0.3, -0.25) is 0 Å². The molecule has 1 aliphatic rings. The predicted molar refractivity (Wildman–Crippen MR) is 104 cm³/mol. The molecule has 0 saturated heterocycles. The van der Waals surface area contributed by atoms with Crippen LogP contribution in [0.25, 0.3) is 0 Å². The largest absolute Gasteiger partial charge is 0.465 e. The summed E-state index contributed by atoms with van der Waals surface area (Å²) in [6.45, 7) is 0. The van der Waals surface area contributed by atoms with E-state index in [1.807, 2.05) is 0 Å². The molecule has 0 amide bonds. The zero-order chi connectivity index (χ0) is 19.8. The van der Waals surface area contributed by atoms with Gasteiger partial charge in [0.1, 0.15) is 5.00 Å². The van der Waals surface area contributed by atoms with E-state index in [1.165, 1.54) is 24.5 Å². The minimum atomic E-state index is -4.57. The Hall–Kier alpha value is -1.84. The molecule has 2 N–H and O–H groups in total. The van der Waals surface area contributed by atoms with E-state index in [-0.39, 0.29) is 10.8 Å². The first-order valence-electron chi connectivity index (χ1n) is 7.88. The lowest BCUT2D eigenvalue weighted by Gasteiger charge is -2.14. The van der Waals surface area contributed by atoms with Gasteiger partial charge < -0.3 is 15.4 Å². The number of methoxy groups -OCH3 is 1. The van der Waals surface area contributed by atoms with Gasteiger partial charge in [-0.15, -0.1) is 11.3 Å². The molecule has 0 bridgehead atoms. The molecule has 10 heteroatoms. The number of carbonyl (C=O) groups excluding carboxylic acids is 1. The minimum Gasteiger partial charge on any atom is -0.465 e. The van der Waals surface area contributed by atoms with Crippen LogP contribution < -0.4 is 10.6 Å². The summed E-state index contributed by atoms with van der Waals surface area (Å²) >= 11 is 12.2. The van der Waals surface area contributed by atoms with E-state index in [4.69, 9.17) is 28.6 Å². The van der Waals surface area contributed by atoms with Gasteiger partial charge in [0.2, 0.25) is 0 Å². The molecule has 1 heterocycles. The van der Waals surface area contributed by atoms with Crippen molar-refractivity contribution in [3.63, 3.8) is 0 Å². The number of fused-ring (bicyclic) bond motifs is 1. The van der Waals surface area contributed by atoms with Gasteiger partial charge in [-0.25, -0.2) is 4.79 Å². The SMILES string of the molecule is COC(=O)c1c(NC(=S)Nc2ccc(Cl)c(C(F)(F)F)c2)sc2c1CCC2. The molecule has 1 aromatic heterocycles. The van der Waals surface area contributed by atoms with Gasteiger partial charge in [-0.05, 0) is 55.2 Å². The van der Waals surface area contributed by atoms with Crippen molar-refractivity contribution in [2.24, 2.45) is 0 Å². The Kier molecular flexibility index (Phi) is 5.64. The maximum Gasteiger partial charge on any atom is 0.417 e. The summed E-state index contributed by atoms with van der Waals surface area (Å²) < 4.78 is 43.8. The molecule has 3 rings (SSSR count). The maximum absolute atomic E-state index is 13.0. The Morgan fingerprint density at radius 3 is 2.70 bits per heavy atom. The van der Waals surface area contributed by atoms with Crippen molar-refractivity contribution in [3.05, 3.63) is 44.8 Å². The number of thiophene rings is 1. The van der Waals surface area contributed by atoms with Crippen LogP contribution in [0.5, 0.6) is 0 Å². The van der Waals surface area contributed by atoms with Crippen molar-refractivity contribution in [1.29, 1.82) is 0 Å². The summed E-state index contributed by atoms with van der Waals surface area (Å²) in [7, 11) is 1.30. The van der Waals surface area contributed by atoms with Crippen molar-refractivity contribution in [1.82, 2.24) is 0 Å². The molecule has 0 spiro atoms. The zero-order valence-electron chi connectivity index (χ0n) is 14.0. The fourth-order valence-electron chi connectivity index (χ4n) is 2.90. The summed E-state index contributed by atoms with van der Waals surface area (Å²) in [6.07, 6.45) is -1.95. The van der Waals surface area contributed by atoms with Crippen molar-refractivity contribution in [2.45, 2.75) is 25.4 Å². The highest BCUT2D eigenvalue weighted by molar-refractivity contribution is 7.80. The second kappa shape index (κ2) is 7.65. The molecule has 1 aliphatic carbocycles. The molecule has 1 aromatic carbocycles. The fourth-order valence-corrected chi connectivity index (χ4v) is 4.69. The number of hydrogen-bond donors (Lipinski definition) is 2. The summed E-state index contributed by atoms with van der Waals surface area (Å²) in [5, 5.41) is 5.79. The van der Waals surface area contributed by atoms with Crippen LogP contribution in [-0.4, -0.2) is 18.2 Å². The highest BCUT2D eigenvalue weighted by Crippen LogP contribution is 2.40. The summed E-state index contributed by atoms with van der Waals surface area (Å²) in [5.41, 5.74) is 0.560. The van der Waals surface area contributed by atoms with E-state index < -0.39 is 22.7 Å². The molecule has 0 unspecified atom stereocenters. The average Bonchev–Trinajstić information content (AvgIpc) is 3.15. The normalized spacial score (nSPS) is 13.2. The smallest absolute Gasteiger partial charge is 0.417 e. The van der Waals surface area contributed by atoms with Crippen molar-refractivity contribution >= 4 is 56.9 Å². The van der Waals surface area contributed by atoms with E-state index in [9.17, 15) is 18.0 Å². The third-order valence-electron chi connectivity index (χ3n) is 4.07. The number of alkyl halides is 3. The molecule has 4 nitrogen and oxygen atoms in total. The van der Waals surface area contributed by atoms with Crippen LogP contribution in [0, 0.1) is 0 Å². The van der Waals surface area contributed by atoms with Crippen LogP contribution in [0.1, 0.15) is 32.8 Å². The predicted octanol–water partition coefficient (Wildman–Crippen LogP) is 5.50. The van der Waals surface area contributed by atoms with E-state index in [2.05, 4.69) is 10.6 Å². The molecular formula is C17H14ClF3N2O2S2. The Labute approximate surface area is 167 Å². The molecule has 144 valence electrons. The van der Waals surface area contributed by atoms with Gasteiger partial charge in [0, 0.05) is 10.6 Å². The molecule has 0 radical (unpaired) electrons. The van der Waals surface area contributed by atoms with Gasteiger partial charge in [-0.2, -0.15) is 13.2 Å². The number of hydrogen-bond acceptors (Lipinski definition) is 4. The van der Waals surface area contributed by atoms with E-state index in [0.717, 1.165) is 41.8 Å². The topological polar surface area (TPSA) is 50.4 Å². The number of thiocarbonyl (C=S) groups is 1. The number of aryl methyl sites for hydroxylation is 1. The number of benzene rings is 1. The lowest BCUT2D eigenvalue weighted by molar-refractivity contribution is -0.137. The quantitative estimate of drug-likeness (QED) is 0.493. The van der Waals surface area contributed by atoms with Crippen LogP contribution in [0.4, 0.5) is 23.9 Å². The number of ether oxygens (including phenoxy) is 1. The molecule has 27 heavy (non-hydrogen) atoms. The van der Waals surface area contributed by atoms with Crippen LogP contribution in [0.15, 0.2) is 18.2 Å². The Morgan fingerprint density at radius 2 is 2.04 bits per heavy atom. The van der Waals surface area contributed by atoms with Crippen molar-refractivity contribution in [2.75, 3.05) is 17.7 Å². The second-order valence-corrected chi connectivity index (χ2v) is 7.75. The Morgan fingerprint density at radius 1 is 1.30 bits per heavy atom. The Balaban J connectivity index is 1.81. The average molecular weight is 435 g/mol. The number of halogens is 4. The van der Waals surface area contributed by atoms with Crippen LogP contribution in [0.3, 0.4) is 0 Å². The lowest BCUT2D eigenvalue weighted by Crippen LogP contribution is -2.20. The van der Waals surface area contributed by atoms with Crippen LogP contribution >= 0.6 is 35.2 Å². The molecule has 2 aromatic rings. The summed E-state index contributed by atoms with van der Waals surface area (Å²) in [5.74, 6) is -0.467. The third kappa shape index (κ3) is 4.20. The van der Waals surface area contributed by atoms with E-state index in [0.29, 0.717) is 10.6 Å². The zero-order valence-corrected chi connectivity index (χ0v) is 16.4. The molecule has 0 atom stereocenters. The van der Waals surface area contributed by atoms with Gasteiger partial charge in [0.25, 0.3) is 0 Å².